The van der Waals surface area contributed by atoms with Crippen LogP contribution in [0.25, 0.3) is 0 Å². The molecule has 27 heavy (non-hydrogen) atoms. The Hall–Kier alpha value is -2.21. The molecule has 2 aromatic carbocycles. The van der Waals surface area contributed by atoms with Crippen molar-refractivity contribution in [3.05, 3.63) is 59.2 Å². The van der Waals surface area contributed by atoms with E-state index in [1.165, 1.54) is 6.07 Å². The van der Waals surface area contributed by atoms with E-state index in [0.29, 0.717) is 37.7 Å². The maximum absolute atomic E-state index is 13.3. The zero-order valence-corrected chi connectivity index (χ0v) is 15.4. The monoisotopic (exact) mass is 382 g/mol. The lowest BCUT2D eigenvalue weighted by Gasteiger charge is -2.15. The van der Waals surface area contributed by atoms with Crippen LogP contribution in [0, 0.1) is 0 Å². The van der Waals surface area contributed by atoms with Crippen LogP contribution in [0.1, 0.15) is 36.0 Å². The van der Waals surface area contributed by atoms with Gasteiger partial charge >= 0.3 is 6.18 Å². The molecule has 0 atom stereocenters. The summed E-state index contributed by atoms with van der Waals surface area (Å²) in [6.07, 6.45) is -1.45. The van der Waals surface area contributed by atoms with Crippen LogP contribution >= 0.6 is 0 Å². The predicted molar refractivity (Wildman–Crippen MR) is 98.3 cm³/mol. The van der Waals surface area contributed by atoms with Crippen molar-refractivity contribution in [1.29, 1.82) is 0 Å². The molecule has 2 rings (SSSR count). The first kappa shape index (κ1) is 21.1. The van der Waals surface area contributed by atoms with E-state index in [-0.39, 0.29) is 19.0 Å². The first-order valence-corrected chi connectivity index (χ1v) is 9.00. The Balaban J connectivity index is 1.95. The molecule has 1 N–H and O–H groups in total. The molecule has 0 saturated carbocycles. The number of hydrogen-bond donors (Lipinski definition) is 1. The summed E-state index contributed by atoms with van der Waals surface area (Å²) in [5.74, 6) is 0.614. The molecule has 0 fully saturated rings. The van der Waals surface area contributed by atoms with Gasteiger partial charge in [0.05, 0.1) is 19.3 Å². The van der Waals surface area contributed by atoms with Crippen LogP contribution in [0.4, 0.5) is 13.2 Å². The normalized spacial score (nSPS) is 11.4. The Kier molecular flexibility index (Phi) is 7.98. The van der Waals surface area contributed by atoms with Gasteiger partial charge in [0.2, 0.25) is 0 Å². The van der Waals surface area contributed by atoms with E-state index < -0.39 is 11.7 Å². The van der Waals surface area contributed by atoms with Gasteiger partial charge < -0.3 is 14.6 Å². The average Bonchev–Trinajstić information content (AvgIpc) is 2.65. The second kappa shape index (κ2) is 10.2. The molecule has 0 amide bonds. The second-order valence-corrected chi connectivity index (χ2v) is 6.31. The number of hydrogen-bond acceptors (Lipinski definition) is 3. The fraction of sp³-hybridized carbons (Fsp3) is 0.429. The quantitative estimate of drug-likeness (QED) is 0.585. The zero-order chi connectivity index (χ0) is 19.7. The molecule has 6 heteroatoms. The van der Waals surface area contributed by atoms with Crippen molar-refractivity contribution in [3.63, 3.8) is 0 Å². The molecule has 0 saturated heterocycles. The van der Waals surface area contributed by atoms with Gasteiger partial charge in [0.1, 0.15) is 11.5 Å². The second-order valence-electron chi connectivity index (χ2n) is 6.31. The van der Waals surface area contributed by atoms with Gasteiger partial charge in [-0.3, -0.25) is 0 Å². The Morgan fingerprint density at radius 3 is 2.37 bits per heavy atom. The summed E-state index contributed by atoms with van der Waals surface area (Å²) in [6.45, 7) is 0.241. The minimum atomic E-state index is -4.46. The van der Waals surface area contributed by atoms with Crippen molar-refractivity contribution >= 4 is 0 Å². The number of alkyl halides is 3. The topological polar surface area (TPSA) is 38.7 Å². The number of halogens is 3. The van der Waals surface area contributed by atoms with Gasteiger partial charge in [0.25, 0.3) is 0 Å². The highest BCUT2D eigenvalue weighted by Gasteiger charge is 2.34. The number of ether oxygens (including phenoxy) is 2. The van der Waals surface area contributed by atoms with Crippen LogP contribution in [0.15, 0.2) is 42.5 Å². The highest BCUT2D eigenvalue weighted by Crippen LogP contribution is 2.37. The summed E-state index contributed by atoms with van der Waals surface area (Å²) in [4.78, 5) is 0. The molecule has 0 aliphatic rings. The highest BCUT2D eigenvalue weighted by atomic mass is 19.4. The maximum Gasteiger partial charge on any atom is 0.419 e. The minimum Gasteiger partial charge on any atom is -0.497 e. The fourth-order valence-electron chi connectivity index (χ4n) is 2.81. The van der Waals surface area contributed by atoms with E-state index in [2.05, 4.69) is 0 Å². The van der Waals surface area contributed by atoms with Crippen LogP contribution in [-0.2, 0) is 19.0 Å². The number of rotatable bonds is 10. The van der Waals surface area contributed by atoms with Crippen molar-refractivity contribution in [2.24, 2.45) is 0 Å². The molecule has 0 radical (unpaired) electrons. The first-order valence-electron chi connectivity index (χ1n) is 9.00. The molecule has 148 valence electrons. The summed E-state index contributed by atoms with van der Waals surface area (Å²) in [5, 5.41) is 8.80. The molecule has 0 aliphatic heterocycles. The molecule has 0 aromatic heterocycles. The van der Waals surface area contributed by atoms with Crippen LogP contribution in [0.2, 0.25) is 0 Å². The Labute approximate surface area is 157 Å². The summed E-state index contributed by atoms with van der Waals surface area (Å²) in [5.41, 5.74) is 0.901. The molecule has 0 unspecified atom stereocenters. The third kappa shape index (κ3) is 6.79. The molecule has 0 spiro atoms. The van der Waals surface area contributed by atoms with E-state index >= 15 is 0 Å². The lowest BCUT2D eigenvalue weighted by Crippen LogP contribution is -2.10. The molecule has 3 nitrogen and oxygen atoms in total. The van der Waals surface area contributed by atoms with E-state index in [1.807, 2.05) is 24.3 Å². The van der Waals surface area contributed by atoms with Crippen molar-refractivity contribution in [3.8, 4) is 11.5 Å². The van der Waals surface area contributed by atoms with Gasteiger partial charge in [-0.1, -0.05) is 18.2 Å². The molecule has 2 aromatic rings. The largest absolute Gasteiger partial charge is 0.497 e. The molecule has 0 heterocycles. The van der Waals surface area contributed by atoms with Gasteiger partial charge in [-0.15, -0.1) is 0 Å². The predicted octanol–water partition coefficient (Wildman–Crippen LogP) is 5.04. The number of unbranched alkanes of at least 4 members (excludes halogenated alkanes) is 1. The van der Waals surface area contributed by atoms with Crippen LogP contribution < -0.4 is 9.47 Å². The number of benzene rings is 2. The Morgan fingerprint density at radius 2 is 1.67 bits per heavy atom. The van der Waals surface area contributed by atoms with Crippen molar-refractivity contribution in [1.82, 2.24) is 0 Å². The average molecular weight is 382 g/mol. The maximum atomic E-state index is 13.3. The van der Waals surface area contributed by atoms with E-state index in [4.69, 9.17) is 14.6 Å². The fourth-order valence-corrected chi connectivity index (χ4v) is 2.81. The van der Waals surface area contributed by atoms with Crippen LogP contribution in [-0.4, -0.2) is 25.4 Å². The minimum absolute atomic E-state index is 0.0423. The third-order valence-corrected chi connectivity index (χ3v) is 4.22. The van der Waals surface area contributed by atoms with Gasteiger partial charge in [0, 0.05) is 6.61 Å². The number of methoxy groups -OCH3 is 1. The van der Waals surface area contributed by atoms with Crippen molar-refractivity contribution < 1.29 is 27.8 Å². The zero-order valence-electron chi connectivity index (χ0n) is 15.4. The summed E-state index contributed by atoms with van der Waals surface area (Å²) < 4.78 is 50.6. The van der Waals surface area contributed by atoms with Crippen molar-refractivity contribution in [2.75, 3.05) is 20.3 Å². The Morgan fingerprint density at radius 1 is 0.926 bits per heavy atom. The molecule has 0 bridgehead atoms. The van der Waals surface area contributed by atoms with Gasteiger partial charge in [-0.25, -0.2) is 0 Å². The van der Waals surface area contributed by atoms with E-state index in [9.17, 15) is 13.2 Å². The van der Waals surface area contributed by atoms with Crippen LogP contribution in [0.5, 0.6) is 11.5 Å². The lowest BCUT2D eigenvalue weighted by atomic mass is 10.0. The third-order valence-electron chi connectivity index (χ3n) is 4.22. The van der Waals surface area contributed by atoms with Gasteiger partial charge in [0.15, 0.2) is 0 Å². The standard InChI is InChI=1S/C21H25F3O3/c1-26-18-9-4-7-16(14-18)8-5-13-27-20-11-10-17(6-2-3-12-25)15-19(20)21(22,23)24/h4,7,9-11,14-15,25H,2-3,5-6,8,12-13H2,1H3. The molecular formula is C21H25F3O3. The summed E-state index contributed by atoms with van der Waals surface area (Å²) >= 11 is 0. The van der Waals surface area contributed by atoms with E-state index in [0.717, 1.165) is 17.4 Å². The smallest absolute Gasteiger partial charge is 0.419 e. The van der Waals surface area contributed by atoms with E-state index in [1.54, 1.807) is 13.2 Å². The number of aryl methyl sites for hydroxylation is 2. The highest BCUT2D eigenvalue weighted by molar-refractivity contribution is 5.39. The molecular weight excluding hydrogens is 357 g/mol. The Bertz CT molecular complexity index is 714. The number of aliphatic hydroxyl groups is 1. The summed E-state index contributed by atoms with van der Waals surface area (Å²) in [6, 6.07) is 11.8. The molecule has 0 aliphatic carbocycles. The SMILES string of the molecule is COc1cccc(CCCOc2ccc(CCCCO)cc2C(F)(F)F)c1. The number of aliphatic hydroxyl groups excluding tert-OH is 1. The van der Waals surface area contributed by atoms with Crippen molar-refractivity contribution in [2.45, 2.75) is 38.3 Å². The summed E-state index contributed by atoms with van der Waals surface area (Å²) in [7, 11) is 1.59. The van der Waals surface area contributed by atoms with Crippen LogP contribution in [0.3, 0.4) is 0 Å². The van der Waals surface area contributed by atoms with Gasteiger partial charge in [-0.2, -0.15) is 13.2 Å². The first-order chi connectivity index (χ1) is 12.9. The lowest BCUT2D eigenvalue weighted by molar-refractivity contribution is -0.139. The van der Waals surface area contributed by atoms with Gasteiger partial charge in [-0.05, 0) is 67.5 Å².